The fourth-order valence-corrected chi connectivity index (χ4v) is 4.70. The first kappa shape index (κ1) is 29.1. The SMILES string of the molecule is O=C1CC[C@@H](C(=O)NC(COCc2cc(C(F)(F)F)cc(C(F)(F)F)c2)C(c2ccccc2)c2ccccc2)N1. The van der Waals surface area contributed by atoms with Crippen molar-refractivity contribution in [3.8, 4) is 0 Å². The van der Waals surface area contributed by atoms with Crippen LogP contribution in [0.3, 0.4) is 0 Å². The van der Waals surface area contributed by atoms with Crippen molar-refractivity contribution in [2.75, 3.05) is 6.61 Å². The van der Waals surface area contributed by atoms with E-state index >= 15 is 0 Å². The van der Waals surface area contributed by atoms with Crippen LogP contribution in [0.4, 0.5) is 26.3 Å². The van der Waals surface area contributed by atoms with Gasteiger partial charge in [-0.25, -0.2) is 0 Å². The van der Waals surface area contributed by atoms with E-state index in [1.54, 1.807) is 0 Å². The molecule has 0 saturated carbocycles. The van der Waals surface area contributed by atoms with Gasteiger partial charge in [0.05, 0.1) is 30.4 Å². The molecule has 0 radical (unpaired) electrons. The van der Waals surface area contributed by atoms with Crippen LogP contribution in [0, 0.1) is 0 Å². The Morgan fingerprint density at radius 3 is 1.85 bits per heavy atom. The summed E-state index contributed by atoms with van der Waals surface area (Å²) in [5.74, 6) is -1.20. The highest BCUT2D eigenvalue weighted by Gasteiger charge is 2.37. The molecule has 1 aliphatic heterocycles. The molecule has 1 aliphatic rings. The normalized spacial score (nSPS) is 16.6. The molecule has 3 aromatic rings. The van der Waals surface area contributed by atoms with E-state index in [2.05, 4.69) is 10.6 Å². The molecule has 0 spiro atoms. The smallest absolute Gasteiger partial charge is 0.375 e. The Labute approximate surface area is 226 Å². The van der Waals surface area contributed by atoms with Gasteiger partial charge < -0.3 is 15.4 Å². The van der Waals surface area contributed by atoms with Crippen LogP contribution in [0.2, 0.25) is 0 Å². The van der Waals surface area contributed by atoms with Gasteiger partial charge in [0.25, 0.3) is 0 Å². The summed E-state index contributed by atoms with van der Waals surface area (Å²) in [7, 11) is 0. The van der Waals surface area contributed by atoms with E-state index in [4.69, 9.17) is 4.74 Å². The first-order valence-electron chi connectivity index (χ1n) is 12.5. The quantitative estimate of drug-likeness (QED) is 0.321. The van der Waals surface area contributed by atoms with Crippen molar-refractivity contribution in [2.24, 2.45) is 0 Å². The molecule has 1 unspecified atom stereocenters. The minimum Gasteiger partial charge on any atom is -0.375 e. The molecule has 2 atom stereocenters. The van der Waals surface area contributed by atoms with E-state index < -0.39 is 54.0 Å². The lowest BCUT2D eigenvalue weighted by molar-refractivity contribution is -0.143. The third kappa shape index (κ3) is 7.41. The maximum Gasteiger partial charge on any atom is 0.416 e. The fraction of sp³-hybridized carbons (Fsp3) is 0.310. The highest BCUT2D eigenvalue weighted by molar-refractivity contribution is 5.91. The average molecular weight is 565 g/mol. The number of alkyl halides is 6. The van der Waals surface area contributed by atoms with Gasteiger partial charge >= 0.3 is 12.4 Å². The lowest BCUT2D eigenvalue weighted by atomic mass is 9.85. The third-order valence-electron chi connectivity index (χ3n) is 6.57. The second-order valence-corrected chi connectivity index (χ2v) is 9.50. The maximum atomic E-state index is 13.3. The van der Waals surface area contributed by atoms with Crippen LogP contribution < -0.4 is 10.6 Å². The Morgan fingerprint density at radius 2 is 1.40 bits per heavy atom. The number of hydrogen-bond donors (Lipinski definition) is 2. The molecule has 212 valence electrons. The zero-order valence-corrected chi connectivity index (χ0v) is 21.1. The number of rotatable bonds is 9. The Balaban J connectivity index is 1.62. The summed E-state index contributed by atoms with van der Waals surface area (Å²) in [6.45, 7) is -0.797. The van der Waals surface area contributed by atoms with Crippen LogP contribution in [0.1, 0.15) is 46.6 Å². The van der Waals surface area contributed by atoms with Crippen LogP contribution in [0.15, 0.2) is 78.9 Å². The van der Waals surface area contributed by atoms with Crippen LogP contribution in [-0.4, -0.2) is 30.5 Å². The van der Waals surface area contributed by atoms with Gasteiger partial charge in [-0.1, -0.05) is 60.7 Å². The molecule has 1 heterocycles. The van der Waals surface area contributed by atoms with Crippen molar-refractivity contribution in [2.45, 2.75) is 49.8 Å². The highest BCUT2D eigenvalue weighted by atomic mass is 19.4. The minimum atomic E-state index is -4.98. The van der Waals surface area contributed by atoms with Gasteiger partial charge in [-0.2, -0.15) is 26.3 Å². The van der Waals surface area contributed by atoms with Crippen molar-refractivity contribution in [3.63, 3.8) is 0 Å². The molecular weight excluding hydrogens is 538 g/mol. The second-order valence-electron chi connectivity index (χ2n) is 9.50. The van der Waals surface area contributed by atoms with Crippen LogP contribution in [0.25, 0.3) is 0 Å². The van der Waals surface area contributed by atoms with E-state index in [0.717, 1.165) is 11.1 Å². The Morgan fingerprint density at radius 1 is 0.875 bits per heavy atom. The zero-order valence-electron chi connectivity index (χ0n) is 21.1. The van der Waals surface area contributed by atoms with E-state index in [0.29, 0.717) is 18.6 Å². The van der Waals surface area contributed by atoms with Gasteiger partial charge in [0, 0.05) is 12.3 Å². The summed E-state index contributed by atoms with van der Waals surface area (Å²) < 4.78 is 85.5. The summed E-state index contributed by atoms with van der Waals surface area (Å²) in [5.41, 5.74) is -1.58. The molecule has 1 saturated heterocycles. The van der Waals surface area contributed by atoms with Gasteiger partial charge in [0.1, 0.15) is 6.04 Å². The molecule has 5 nitrogen and oxygen atoms in total. The fourth-order valence-electron chi connectivity index (χ4n) is 4.70. The highest BCUT2D eigenvalue weighted by Crippen LogP contribution is 2.36. The van der Waals surface area contributed by atoms with Gasteiger partial charge in [0.2, 0.25) is 11.8 Å². The molecule has 2 amide bonds. The zero-order chi connectivity index (χ0) is 28.9. The largest absolute Gasteiger partial charge is 0.416 e. The minimum absolute atomic E-state index is 0.0588. The Bertz CT molecular complexity index is 1240. The number of hydrogen-bond acceptors (Lipinski definition) is 3. The molecule has 2 N–H and O–H groups in total. The summed E-state index contributed by atoms with van der Waals surface area (Å²) >= 11 is 0. The average Bonchev–Trinajstić information content (AvgIpc) is 3.35. The molecular formula is C29H26F6N2O3. The van der Waals surface area contributed by atoms with Gasteiger partial charge in [-0.15, -0.1) is 0 Å². The molecule has 40 heavy (non-hydrogen) atoms. The molecule has 3 aromatic carbocycles. The summed E-state index contributed by atoms with van der Waals surface area (Å²) in [6.07, 6.45) is -9.48. The number of amides is 2. The number of carbonyl (C=O) groups is 2. The van der Waals surface area contributed by atoms with Crippen LogP contribution in [-0.2, 0) is 33.3 Å². The van der Waals surface area contributed by atoms with E-state index in [1.165, 1.54) is 0 Å². The standard InChI is InChI=1S/C29H26F6N2O3/c30-28(31,32)21-13-18(14-22(15-21)29(33,34)35)16-40-17-24(37-27(39)23-11-12-25(38)36-23)26(19-7-3-1-4-8-19)20-9-5-2-6-10-20/h1-10,13-15,23-24,26H,11-12,16-17H2,(H,36,38)(H,37,39)/t23-,24?/m0/s1. The molecule has 1 fully saturated rings. The van der Waals surface area contributed by atoms with E-state index in [9.17, 15) is 35.9 Å². The lowest BCUT2D eigenvalue weighted by Gasteiger charge is -2.30. The van der Waals surface area contributed by atoms with Gasteiger partial charge in [-0.05, 0) is 41.3 Å². The summed E-state index contributed by atoms with van der Waals surface area (Å²) in [4.78, 5) is 24.7. The topological polar surface area (TPSA) is 67.4 Å². The van der Waals surface area contributed by atoms with Gasteiger partial charge in [0.15, 0.2) is 0 Å². The molecule has 0 bridgehead atoms. The van der Waals surface area contributed by atoms with Crippen molar-refractivity contribution in [3.05, 3.63) is 107 Å². The number of carbonyl (C=O) groups excluding carboxylic acids is 2. The predicted octanol–water partition coefficient (Wildman–Crippen LogP) is 5.84. The molecule has 0 aromatic heterocycles. The number of nitrogens with one attached hydrogen (secondary N) is 2. The molecule has 4 rings (SSSR count). The lowest BCUT2D eigenvalue weighted by Crippen LogP contribution is -2.49. The Hall–Kier alpha value is -3.86. The monoisotopic (exact) mass is 564 g/mol. The summed E-state index contributed by atoms with van der Waals surface area (Å²) in [6, 6.07) is 18.0. The number of ether oxygens (including phenoxy) is 1. The van der Waals surface area contributed by atoms with Crippen molar-refractivity contribution < 1.29 is 40.7 Å². The third-order valence-corrected chi connectivity index (χ3v) is 6.57. The maximum absolute atomic E-state index is 13.3. The molecule has 0 aliphatic carbocycles. The number of halogens is 6. The van der Waals surface area contributed by atoms with E-state index in [-0.39, 0.29) is 30.6 Å². The predicted molar refractivity (Wildman–Crippen MR) is 134 cm³/mol. The molecule has 11 heteroatoms. The second kappa shape index (κ2) is 12.1. The Kier molecular flexibility index (Phi) is 8.82. The number of benzene rings is 3. The van der Waals surface area contributed by atoms with Crippen LogP contribution >= 0.6 is 0 Å². The van der Waals surface area contributed by atoms with Crippen molar-refractivity contribution >= 4 is 11.8 Å². The van der Waals surface area contributed by atoms with Crippen molar-refractivity contribution in [1.29, 1.82) is 0 Å². The first-order chi connectivity index (χ1) is 18.9. The van der Waals surface area contributed by atoms with Crippen LogP contribution in [0.5, 0.6) is 0 Å². The summed E-state index contributed by atoms with van der Waals surface area (Å²) in [5, 5.41) is 5.49. The first-order valence-corrected chi connectivity index (χ1v) is 12.5. The van der Waals surface area contributed by atoms with E-state index in [1.807, 2.05) is 60.7 Å². The van der Waals surface area contributed by atoms with Gasteiger partial charge in [-0.3, -0.25) is 9.59 Å². The van der Waals surface area contributed by atoms with Crippen molar-refractivity contribution in [1.82, 2.24) is 10.6 Å².